The van der Waals surface area contributed by atoms with Crippen molar-refractivity contribution in [2.45, 2.75) is 12.5 Å². The number of hydrogen-bond donors (Lipinski definition) is 1. The van der Waals surface area contributed by atoms with Gasteiger partial charge in [0.1, 0.15) is 6.04 Å². The zero-order chi connectivity index (χ0) is 15.4. The Balaban J connectivity index is 2.04. The van der Waals surface area contributed by atoms with E-state index in [0.29, 0.717) is 18.7 Å². The maximum Gasteiger partial charge on any atom is 0.321 e. The highest BCUT2D eigenvalue weighted by Gasteiger charge is 2.30. The third kappa shape index (κ3) is 4.36. The SMILES string of the molecule is CN1CCN([C@H](CC(=O)c2ccc(Br)cc2)C(=O)O)CC1. The second kappa shape index (κ2) is 7.15. The van der Waals surface area contributed by atoms with Gasteiger partial charge in [0.25, 0.3) is 0 Å². The number of carboxylic acids is 1. The van der Waals surface area contributed by atoms with Gasteiger partial charge in [-0.05, 0) is 19.2 Å². The van der Waals surface area contributed by atoms with E-state index in [1.165, 1.54) is 0 Å². The number of piperazine rings is 1. The monoisotopic (exact) mass is 354 g/mol. The van der Waals surface area contributed by atoms with Crippen molar-refractivity contribution in [1.82, 2.24) is 9.80 Å². The van der Waals surface area contributed by atoms with Crippen molar-refractivity contribution in [3.8, 4) is 0 Å². The third-order valence-corrected chi connectivity index (χ3v) is 4.34. The van der Waals surface area contributed by atoms with Crippen molar-refractivity contribution in [1.29, 1.82) is 0 Å². The Bertz CT molecular complexity index is 510. The number of ketones is 1. The van der Waals surface area contributed by atoms with Crippen LogP contribution in [0, 0.1) is 0 Å². The second-order valence-corrected chi connectivity index (χ2v) is 6.24. The van der Waals surface area contributed by atoms with Gasteiger partial charge < -0.3 is 10.0 Å². The molecule has 0 aromatic heterocycles. The van der Waals surface area contributed by atoms with Crippen molar-refractivity contribution < 1.29 is 14.7 Å². The molecule has 6 heteroatoms. The van der Waals surface area contributed by atoms with E-state index in [1.54, 1.807) is 24.3 Å². The number of hydrogen-bond acceptors (Lipinski definition) is 4. The number of carboxylic acid groups (broad SMARTS) is 1. The molecule has 1 heterocycles. The molecule has 5 nitrogen and oxygen atoms in total. The number of benzene rings is 1. The lowest BCUT2D eigenvalue weighted by Crippen LogP contribution is -2.52. The molecular formula is C15H19BrN2O3. The number of rotatable bonds is 5. The van der Waals surface area contributed by atoms with Crippen LogP contribution in [0.3, 0.4) is 0 Å². The number of likely N-dealkylation sites (N-methyl/N-ethyl adjacent to an activating group) is 1. The molecule has 1 aliphatic rings. The summed E-state index contributed by atoms with van der Waals surface area (Å²) >= 11 is 3.32. The molecule has 1 aromatic carbocycles. The molecule has 0 spiro atoms. The first kappa shape index (κ1) is 16.1. The first-order chi connectivity index (χ1) is 9.97. The average molecular weight is 355 g/mol. The van der Waals surface area contributed by atoms with Crippen LogP contribution >= 0.6 is 15.9 Å². The lowest BCUT2D eigenvalue weighted by molar-refractivity contribution is -0.143. The number of carbonyl (C=O) groups excluding carboxylic acids is 1. The zero-order valence-electron chi connectivity index (χ0n) is 12.0. The van der Waals surface area contributed by atoms with Gasteiger partial charge in [0, 0.05) is 42.6 Å². The predicted octanol–water partition coefficient (Wildman–Crippen LogP) is 1.72. The van der Waals surface area contributed by atoms with Gasteiger partial charge in [0.15, 0.2) is 5.78 Å². The molecule has 0 radical (unpaired) electrons. The maximum atomic E-state index is 12.3. The lowest BCUT2D eigenvalue weighted by atomic mass is 10.0. The Hall–Kier alpha value is -1.24. The summed E-state index contributed by atoms with van der Waals surface area (Å²) in [5, 5.41) is 9.42. The number of Topliss-reactive ketones (excluding diaryl/α,β-unsaturated/α-hetero) is 1. The summed E-state index contributed by atoms with van der Waals surface area (Å²) in [4.78, 5) is 27.8. The Morgan fingerprint density at radius 2 is 1.76 bits per heavy atom. The van der Waals surface area contributed by atoms with Crippen LogP contribution in [0.25, 0.3) is 0 Å². The molecule has 1 atom stereocenters. The molecule has 0 unspecified atom stereocenters. The van der Waals surface area contributed by atoms with Gasteiger partial charge in [-0.25, -0.2) is 0 Å². The van der Waals surface area contributed by atoms with Crippen molar-refractivity contribution in [2.24, 2.45) is 0 Å². The quantitative estimate of drug-likeness (QED) is 0.815. The molecule has 1 fully saturated rings. The van der Waals surface area contributed by atoms with Gasteiger partial charge >= 0.3 is 5.97 Å². The molecule has 1 N–H and O–H groups in total. The molecule has 0 amide bonds. The lowest BCUT2D eigenvalue weighted by Gasteiger charge is -2.35. The first-order valence-electron chi connectivity index (χ1n) is 6.91. The molecule has 0 saturated carbocycles. The Morgan fingerprint density at radius 1 is 1.19 bits per heavy atom. The van der Waals surface area contributed by atoms with Crippen molar-refractivity contribution in [3.05, 3.63) is 34.3 Å². The second-order valence-electron chi connectivity index (χ2n) is 5.33. The van der Waals surface area contributed by atoms with Crippen molar-refractivity contribution >= 4 is 27.7 Å². The summed E-state index contributed by atoms with van der Waals surface area (Å²) in [5.41, 5.74) is 0.554. The van der Waals surface area contributed by atoms with Gasteiger partial charge in [-0.2, -0.15) is 0 Å². The highest BCUT2D eigenvalue weighted by Crippen LogP contribution is 2.15. The highest BCUT2D eigenvalue weighted by molar-refractivity contribution is 9.10. The highest BCUT2D eigenvalue weighted by atomic mass is 79.9. The summed E-state index contributed by atoms with van der Waals surface area (Å²) in [5.74, 6) is -1.06. The summed E-state index contributed by atoms with van der Waals surface area (Å²) in [6, 6.07) is 6.28. The van der Waals surface area contributed by atoms with E-state index in [9.17, 15) is 14.7 Å². The summed E-state index contributed by atoms with van der Waals surface area (Å²) < 4.78 is 0.896. The van der Waals surface area contributed by atoms with Crippen LogP contribution in [-0.2, 0) is 4.79 Å². The average Bonchev–Trinajstić information content (AvgIpc) is 2.46. The van der Waals surface area contributed by atoms with Gasteiger partial charge in [0.2, 0.25) is 0 Å². The third-order valence-electron chi connectivity index (χ3n) is 3.81. The molecule has 0 bridgehead atoms. The first-order valence-corrected chi connectivity index (χ1v) is 7.71. The Labute approximate surface area is 132 Å². The van der Waals surface area contributed by atoms with E-state index in [4.69, 9.17) is 0 Å². The fourth-order valence-electron chi connectivity index (χ4n) is 2.44. The van der Waals surface area contributed by atoms with E-state index < -0.39 is 12.0 Å². The Kier molecular flexibility index (Phi) is 5.50. The van der Waals surface area contributed by atoms with E-state index in [2.05, 4.69) is 20.8 Å². The molecule has 114 valence electrons. The van der Waals surface area contributed by atoms with Crippen LogP contribution in [-0.4, -0.2) is 65.9 Å². The van der Waals surface area contributed by atoms with Crippen molar-refractivity contribution in [3.63, 3.8) is 0 Å². The zero-order valence-corrected chi connectivity index (χ0v) is 13.5. The minimum atomic E-state index is -0.926. The number of carbonyl (C=O) groups is 2. The maximum absolute atomic E-state index is 12.3. The number of aliphatic carboxylic acids is 1. The van der Waals surface area contributed by atoms with Gasteiger partial charge in [-0.15, -0.1) is 0 Å². The van der Waals surface area contributed by atoms with Crippen LogP contribution < -0.4 is 0 Å². The van der Waals surface area contributed by atoms with Crippen molar-refractivity contribution in [2.75, 3.05) is 33.2 Å². The van der Waals surface area contributed by atoms with E-state index in [1.807, 2.05) is 11.9 Å². The number of nitrogens with zero attached hydrogens (tertiary/aromatic N) is 2. The molecule has 1 aromatic rings. The normalized spacial score (nSPS) is 18.4. The standard InChI is InChI=1S/C15H19BrN2O3/c1-17-6-8-18(9-7-17)13(15(20)21)10-14(19)11-2-4-12(16)5-3-11/h2-5,13H,6-10H2,1H3,(H,20,21)/t13-/m1/s1. The van der Waals surface area contributed by atoms with Crippen LogP contribution in [0.4, 0.5) is 0 Å². The molecule has 1 aliphatic heterocycles. The van der Waals surface area contributed by atoms with Crippen LogP contribution in [0.1, 0.15) is 16.8 Å². The van der Waals surface area contributed by atoms with Gasteiger partial charge in [-0.1, -0.05) is 28.1 Å². The van der Waals surface area contributed by atoms with E-state index in [-0.39, 0.29) is 12.2 Å². The summed E-state index contributed by atoms with van der Waals surface area (Å²) in [6.07, 6.45) is 0.0146. The largest absolute Gasteiger partial charge is 0.480 e. The van der Waals surface area contributed by atoms with Gasteiger partial charge in [-0.3, -0.25) is 14.5 Å². The Morgan fingerprint density at radius 3 is 2.29 bits per heavy atom. The van der Waals surface area contributed by atoms with Crippen LogP contribution in [0.15, 0.2) is 28.7 Å². The van der Waals surface area contributed by atoms with Crippen LogP contribution in [0.2, 0.25) is 0 Å². The van der Waals surface area contributed by atoms with E-state index in [0.717, 1.165) is 17.6 Å². The molecule has 1 saturated heterocycles. The van der Waals surface area contributed by atoms with Gasteiger partial charge in [0.05, 0.1) is 0 Å². The minimum Gasteiger partial charge on any atom is -0.480 e. The fraction of sp³-hybridized carbons (Fsp3) is 0.467. The summed E-state index contributed by atoms with van der Waals surface area (Å²) in [7, 11) is 2.01. The molecular weight excluding hydrogens is 336 g/mol. The predicted molar refractivity (Wildman–Crippen MR) is 83.6 cm³/mol. The topological polar surface area (TPSA) is 60.9 Å². The molecule has 2 rings (SSSR count). The molecule has 21 heavy (non-hydrogen) atoms. The van der Waals surface area contributed by atoms with E-state index >= 15 is 0 Å². The molecule has 0 aliphatic carbocycles. The van der Waals surface area contributed by atoms with Crippen LogP contribution in [0.5, 0.6) is 0 Å². The number of halogens is 1. The minimum absolute atomic E-state index is 0.0146. The summed E-state index contributed by atoms with van der Waals surface area (Å²) in [6.45, 7) is 3.02. The fourth-order valence-corrected chi connectivity index (χ4v) is 2.70. The smallest absolute Gasteiger partial charge is 0.321 e.